The number of carbonyl (C=O) groups is 2. The number of hydrogen-bond donors (Lipinski definition) is 2. The molecule has 0 aliphatic rings. The molecule has 2 rings (SSSR count). The smallest absolute Gasteiger partial charge is 0.271 e. The Morgan fingerprint density at radius 2 is 1.69 bits per heavy atom. The summed E-state index contributed by atoms with van der Waals surface area (Å²) in [5.41, 5.74) is 0.501. The lowest BCUT2D eigenvalue weighted by atomic mass is 10.1. The maximum Gasteiger partial charge on any atom is 0.271 e. The number of ether oxygens (including phenoxy) is 3. The van der Waals surface area contributed by atoms with Gasteiger partial charge in [-0.05, 0) is 21.0 Å². The van der Waals surface area contributed by atoms with E-state index >= 15 is 0 Å². The van der Waals surface area contributed by atoms with Gasteiger partial charge in [-0.3, -0.25) is 14.9 Å². The monoisotopic (exact) mass is 422 g/mol. The number of likely N-dealkylation sites (N-methyl/N-ethyl adjacent to an activating group) is 1. The third-order valence-corrected chi connectivity index (χ3v) is 4.68. The molecule has 0 saturated heterocycles. The summed E-state index contributed by atoms with van der Waals surface area (Å²) in [5, 5.41) is 7.46. The van der Waals surface area contributed by atoms with Crippen LogP contribution in [0.2, 0.25) is 0 Å². The van der Waals surface area contributed by atoms with Gasteiger partial charge < -0.3 is 24.4 Å². The van der Waals surface area contributed by atoms with E-state index < -0.39 is 5.91 Å². The molecule has 9 nitrogen and oxygen atoms in total. The predicted molar refractivity (Wildman–Crippen MR) is 112 cm³/mol. The highest BCUT2D eigenvalue weighted by atomic mass is 32.1. The Labute approximate surface area is 174 Å². The van der Waals surface area contributed by atoms with Crippen molar-refractivity contribution in [3.05, 3.63) is 28.8 Å². The first-order valence-electron chi connectivity index (χ1n) is 8.81. The number of thiazole rings is 1. The Morgan fingerprint density at radius 3 is 2.28 bits per heavy atom. The molecule has 0 fully saturated rings. The van der Waals surface area contributed by atoms with Crippen molar-refractivity contribution < 1.29 is 23.8 Å². The summed E-state index contributed by atoms with van der Waals surface area (Å²) in [4.78, 5) is 31.2. The lowest BCUT2D eigenvalue weighted by molar-refractivity contribution is 0.0928. The van der Waals surface area contributed by atoms with E-state index in [-0.39, 0.29) is 23.2 Å². The Balaban J connectivity index is 2.13. The van der Waals surface area contributed by atoms with Crippen LogP contribution in [0.1, 0.15) is 27.8 Å². The second-order valence-electron chi connectivity index (χ2n) is 6.54. The van der Waals surface area contributed by atoms with Gasteiger partial charge in [0.05, 0.1) is 26.9 Å². The highest BCUT2D eigenvalue weighted by Gasteiger charge is 2.20. The standard InChI is InChI=1S/C19H26N4O5S/c1-11(9-23(2)3)20-18(25)13-10-29-19(21-13)22-17(24)12-7-15(27-5)16(28-6)8-14(12)26-4/h7-8,10-11H,9H2,1-6H3,(H,20,25)(H,21,22,24). The molecular formula is C19H26N4O5S. The summed E-state index contributed by atoms with van der Waals surface area (Å²) < 4.78 is 15.8. The maximum absolute atomic E-state index is 12.7. The van der Waals surface area contributed by atoms with Gasteiger partial charge in [-0.15, -0.1) is 11.3 Å². The number of anilines is 1. The molecule has 29 heavy (non-hydrogen) atoms. The quantitative estimate of drug-likeness (QED) is 0.638. The molecule has 1 unspecified atom stereocenters. The lowest BCUT2D eigenvalue weighted by Crippen LogP contribution is -2.39. The molecule has 158 valence electrons. The van der Waals surface area contributed by atoms with Crippen molar-refractivity contribution in [2.75, 3.05) is 47.3 Å². The Bertz CT molecular complexity index is 868. The van der Waals surface area contributed by atoms with Gasteiger partial charge in [0.15, 0.2) is 16.6 Å². The molecule has 2 amide bonds. The molecule has 0 spiro atoms. The average Bonchev–Trinajstić information content (AvgIpc) is 3.14. The van der Waals surface area contributed by atoms with E-state index in [9.17, 15) is 9.59 Å². The van der Waals surface area contributed by atoms with Crippen LogP contribution >= 0.6 is 11.3 Å². The molecule has 1 aromatic heterocycles. The van der Waals surface area contributed by atoms with Gasteiger partial charge >= 0.3 is 0 Å². The van der Waals surface area contributed by atoms with Gasteiger partial charge in [-0.25, -0.2) is 4.98 Å². The van der Waals surface area contributed by atoms with Crippen molar-refractivity contribution in [2.24, 2.45) is 0 Å². The Hall–Kier alpha value is -2.85. The first kappa shape index (κ1) is 22.4. The zero-order valence-electron chi connectivity index (χ0n) is 17.4. The van der Waals surface area contributed by atoms with Crippen molar-refractivity contribution in [2.45, 2.75) is 13.0 Å². The number of hydrogen-bond acceptors (Lipinski definition) is 8. The minimum Gasteiger partial charge on any atom is -0.496 e. The second kappa shape index (κ2) is 10.1. The normalized spacial score (nSPS) is 11.7. The van der Waals surface area contributed by atoms with Crippen LogP contribution in [-0.4, -0.2) is 69.7 Å². The van der Waals surface area contributed by atoms with Gasteiger partial charge in [0.2, 0.25) is 0 Å². The molecule has 1 aromatic carbocycles. The van der Waals surface area contributed by atoms with E-state index in [1.807, 2.05) is 25.9 Å². The van der Waals surface area contributed by atoms with E-state index in [1.165, 1.54) is 27.4 Å². The van der Waals surface area contributed by atoms with Crippen molar-refractivity contribution in [3.63, 3.8) is 0 Å². The second-order valence-corrected chi connectivity index (χ2v) is 7.39. The summed E-state index contributed by atoms with van der Waals surface area (Å²) in [7, 11) is 8.30. The van der Waals surface area contributed by atoms with Gasteiger partial charge in [0.25, 0.3) is 11.8 Å². The zero-order valence-corrected chi connectivity index (χ0v) is 18.2. The average molecular weight is 423 g/mol. The van der Waals surface area contributed by atoms with Crippen LogP contribution < -0.4 is 24.8 Å². The van der Waals surface area contributed by atoms with Gasteiger partial charge in [-0.2, -0.15) is 0 Å². The highest BCUT2D eigenvalue weighted by Crippen LogP contribution is 2.35. The van der Waals surface area contributed by atoms with E-state index in [0.717, 1.165) is 11.3 Å². The molecule has 0 aliphatic carbocycles. The third-order valence-electron chi connectivity index (χ3n) is 3.92. The van der Waals surface area contributed by atoms with Crippen molar-refractivity contribution in [1.82, 2.24) is 15.2 Å². The third kappa shape index (κ3) is 5.81. The summed E-state index contributed by atoms with van der Waals surface area (Å²) in [6, 6.07) is 3.06. The molecule has 1 heterocycles. The fourth-order valence-corrected chi connectivity index (χ4v) is 3.38. The van der Waals surface area contributed by atoms with Crippen LogP contribution in [0.4, 0.5) is 5.13 Å². The van der Waals surface area contributed by atoms with E-state index in [0.29, 0.717) is 28.9 Å². The SMILES string of the molecule is COc1cc(OC)c(C(=O)Nc2nc(C(=O)NC(C)CN(C)C)cs2)cc1OC. The number of nitrogens with zero attached hydrogens (tertiary/aromatic N) is 2. The van der Waals surface area contributed by atoms with Crippen LogP contribution in [0.3, 0.4) is 0 Å². The summed E-state index contributed by atoms with van der Waals surface area (Å²) in [5.74, 6) is 0.436. The number of methoxy groups -OCH3 is 3. The van der Waals surface area contributed by atoms with Gasteiger partial charge in [0, 0.05) is 30.1 Å². The van der Waals surface area contributed by atoms with Crippen LogP contribution in [0.15, 0.2) is 17.5 Å². The van der Waals surface area contributed by atoms with Crippen molar-refractivity contribution in [1.29, 1.82) is 0 Å². The maximum atomic E-state index is 12.7. The first-order valence-corrected chi connectivity index (χ1v) is 9.69. The minimum absolute atomic E-state index is 0.0340. The molecule has 1 atom stereocenters. The molecular weight excluding hydrogens is 396 g/mol. The lowest BCUT2D eigenvalue weighted by Gasteiger charge is -2.17. The number of benzene rings is 1. The van der Waals surface area contributed by atoms with Gasteiger partial charge in [-0.1, -0.05) is 0 Å². The van der Waals surface area contributed by atoms with Crippen LogP contribution in [0.25, 0.3) is 0 Å². The summed E-state index contributed by atoms with van der Waals surface area (Å²) in [6.45, 7) is 2.62. The van der Waals surface area contributed by atoms with Crippen molar-refractivity contribution >= 4 is 28.3 Å². The van der Waals surface area contributed by atoms with Crippen LogP contribution in [-0.2, 0) is 0 Å². The molecule has 2 aromatic rings. The van der Waals surface area contributed by atoms with Gasteiger partial charge in [0.1, 0.15) is 11.4 Å². The molecule has 0 saturated carbocycles. The van der Waals surface area contributed by atoms with Crippen LogP contribution in [0.5, 0.6) is 17.2 Å². The van der Waals surface area contributed by atoms with Crippen molar-refractivity contribution in [3.8, 4) is 17.2 Å². The molecule has 2 N–H and O–H groups in total. The Morgan fingerprint density at radius 1 is 1.07 bits per heavy atom. The molecule has 0 bridgehead atoms. The van der Waals surface area contributed by atoms with Crippen LogP contribution in [0, 0.1) is 0 Å². The number of rotatable bonds is 9. The number of carbonyl (C=O) groups excluding carboxylic acids is 2. The Kier molecular flexibility index (Phi) is 7.80. The summed E-state index contributed by atoms with van der Waals surface area (Å²) in [6.07, 6.45) is 0. The predicted octanol–water partition coefficient (Wildman–Crippen LogP) is 2.10. The molecule has 10 heteroatoms. The first-order chi connectivity index (χ1) is 13.8. The highest BCUT2D eigenvalue weighted by molar-refractivity contribution is 7.14. The van der Waals surface area contributed by atoms with E-state index in [2.05, 4.69) is 15.6 Å². The number of amides is 2. The zero-order chi connectivity index (χ0) is 21.6. The van der Waals surface area contributed by atoms with E-state index in [1.54, 1.807) is 11.4 Å². The number of nitrogens with one attached hydrogen (secondary N) is 2. The minimum atomic E-state index is -0.440. The number of aromatic nitrogens is 1. The topological polar surface area (TPSA) is 102 Å². The summed E-state index contributed by atoms with van der Waals surface area (Å²) >= 11 is 1.16. The largest absolute Gasteiger partial charge is 0.496 e. The molecule has 0 radical (unpaired) electrons. The fraction of sp³-hybridized carbons (Fsp3) is 0.421. The molecule has 0 aliphatic heterocycles. The van der Waals surface area contributed by atoms with E-state index in [4.69, 9.17) is 14.2 Å². The fourth-order valence-electron chi connectivity index (χ4n) is 2.70.